The molecule has 6 nitrogen and oxygen atoms in total. The van der Waals surface area contributed by atoms with Crippen LogP contribution in [-0.4, -0.2) is 61.6 Å². The Labute approximate surface area is 187 Å². The summed E-state index contributed by atoms with van der Waals surface area (Å²) in [5.74, 6) is -0.945. The molecular formula is C23H34F3N3O3. The number of benzene rings is 1. The molecule has 1 fully saturated rings. The van der Waals surface area contributed by atoms with Gasteiger partial charge in [0.2, 0.25) is 5.91 Å². The van der Waals surface area contributed by atoms with Crippen LogP contribution >= 0.6 is 0 Å². The van der Waals surface area contributed by atoms with Crippen molar-refractivity contribution in [3.63, 3.8) is 0 Å². The molecule has 1 aliphatic carbocycles. The third-order valence-electron chi connectivity index (χ3n) is 6.04. The smallest absolute Gasteiger partial charge is 0.384 e. The van der Waals surface area contributed by atoms with Crippen LogP contribution in [0.5, 0.6) is 0 Å². The van der Waals surface area contributed by atoms with E-state index in [0.29, 0.717) is 18.7 Å². The SMILES string of the molecule is CCN(C(C)C)[C@@H]1CC[C@H](NC(=O)CNC(=O)c2cccc(C(F)(F)F)c2)[C@H](COC)C1. The van der Waals surface area contributed by atoms with Crippen molar-refractivity contribution < 1.29 is 27.5 Å². The first-order valence-electron chi connectivity index (χ1n) is 11.1. The molecule has 0 aromatic heterocycles. The number of hydrogen-bond donors (Lipinski definition) is 2. The first-order chi connectivity index (χ1) is 15.1. The topological polar surface area (TPSA) is 70.7 Å². The Balaban J connectivity index is 1.92. The predicted octanol–water partition coefficient (Wildman–Crippen LogP) is 3.47. The molecule has 180 valence electrons. The minimum atomic E-state index is -4.54. The van der Waals surface area contributed by atoms with Crippen molar-refractivity contribution >= 4 is 11.8 Å². The molecule has 1 saturated carbocycles. The number of alkyl halides is 3. The quantitative estimate of drug-likeness (QED) is 0.596. The minimum absolute atomic E-state index is 0.0740. The van der Waals surface area contributed by atoms with Crippen LogP contribution in [0.1, 0.15) is 56.0 Å². The van der Waals surface area contributed by atoms with Crippen LogP contribution in [0.2, 0.25) is 0 Å². The zero-order chi connectivity index (χ0) is 23.9. The lowest BCUT2D eigenvalue weighted by Gasteiger charge is -2.42. The maximum Gasteiger partial charge on any atom is 0.416 e. The molecule has 3 atom stereocenters. The molecule has 9 heteroatoms. The van der Waals surface area contributed by atoms with Gasteiger partial charge in [0.15, 0.2) is 0 Å². The number of nitrogens with one attached hydrogen (secondary N) is 2. The number of hydrogen-bond acceptors (Lipinski definition) is 4. The second-order valence-corrected chi connectivity index (χ2v) is 8.54. The normalized spacial score (nSPS) is 21.6. The highest BCUT2D eigenvalue weighted by Gasteiger charge is 2.34. The van der Waals surface area contributed by atoms with Gasteiger partial charge >= 0.3 is 6.18 Å². The van der Waals surface area contributed by atoms with Gasteiger partial charge in [-0.3, -0.25) is 14.5 Å². The second-order valence-electron chi connectivity index (χ2n) is 8.54. The van der Waals surface area contributed by atoms with Crippen LogP contribution in [0, 0.1) is 5.92 Å². The molecule has 0 bridgehead atoms. The first kappa shape index (κ1) is 26.1. The summed E-state index contributed by atoms with van der Waals surface area (Å²) in [6.45, 7) is 7.67. The highest BCUT2D eigenvalue weighted by molar-refractivity contribution is 5.96. The lowest BCUT2D eigenvalue weighted by Crippen LogP contribution is -2.52. The number of carbonyl (C=O) groups is 2. The predicted molar refractivity (Wildman–Crippen MR) is 116 cm³/mol. The van der Waals surface area contributed by atoms with E-state index in [4.69, 9.17) is 4.74 Å². The van der Waals surface area contributed by atoms with Crippen LogP contribution in [0.15, 0.2) is 24.3 Å². The summed E-state index contributed by atoms with van der Waals surface area (Å²) in [4.78, 5) is 27.1. The summed E-state index contributed by atoms with van der Waals surface area (Å²) < 4.78 is 43.9. The van der Waals surface area contributed by atoms with Gasteiger partial charge in [0, 0.05) is 36.7 Å². The summed E-state index contributed by atoms with van der Waals surface area (Å²) in [7, 11) is 1.64. The average Bonchev–Trinajstić information content (AvgIpc) is 2.73. The van der Waals surface area contributed by atoms with Gasteiger partial charge in [-0.1, -0.05) is 13.0 Å². The van der Waals surface area contributed by atoms with Crippen molar-refractivity contribution in [1.29, 1.82) is 0 Å². The summed E-state index contributed by atoms with van der Waals surface area (Å²) in [5.41, 5.74) is -1.05. The van der Waals surface area contributed by atoms with E-state index in [1.807, 2.05) is 0 Å². The van der Waals surface area contributed by atoms with Crippen LogP contribution in [0.25, 0.3) is 0 Å². The molecule has 32 heavy (non-hydrogen) atoms. The zero-order valence-corrected chi connectivity index (χ0v) is 19.2. The highest BCUT2D eigenvalue weighted by atomic mass is 19.4. The Bertz CT molecular complexity index is 770. The molecule has 0 spiro atoms. The second kappa shape index (κ2) is 11.7. The maximum atomic E-state index is 12.8. The first-order valence-corrected chi connectivity index (χ1v) is 11.1. The third-order valence-corrected chi connectivity index (χ3v) is 6.04. The van der Waals surface area contributed by atoms with Gasteiger partial charge in [-0.2, -0.15) is 13.2 Å². The van der Waals surface area contributed by atoms with Gasteiger partial charge in [0.05, 0.1) is 18.7 Å². The molecule has 0 unspecified atom stereocenters. The largest absolute Gasteiger partial charge is 0.416 e. The highest BCUT2D eigenvalue weighted by Crippen LogP contribution is 2.30. The molecular weight excluding hydrogens is 423 g/mol. The van der Waals surface area contributed by atoms with E-state index >= 15 is 0 Å². The van der Waals surface area contributed by atoms with Crippen LogP contribution in [0.4, 0.5) is 13.2 Å². The Morgan fingerprint density at radius 2 is 1.97 bits per heavy atom. The fourth-order valence-corrected chi connectivity index (χ4v) is 4.53. The van der Waals surface area contributed by atoms with E-state index in [9.17, 15) is 22.8 Å². The van der Waals surface area contributed by atoms with Gasteiger partial charge in [0.1, 0.15) is 0 Å². The molecule has 2 N–H and O–H groups in total. The fraction of sp³-hybridized carbons (Fsp3) is 0.652. The lowest BCUT2D eigenvalue weighted by molar-refractivity contribution is -0.137. The van der Waals surface area contributed by atoms with E-state index in [0.717, 1.165) is 37.9 Å². The van der Waals surface area contributed by atoms with Crippen LogP contribution in [-0.2, 0) is 15.7 Å². The van der Waals surface area contributed by atoms with E-state index in [1.165, 1.54) is 12.1 Å². The van der Waals surface area contributed by atoms with Crippen LogP contribution in [0.3, 0.4) is 0 Å². The summed E-state index contributed by atoms with van der Waals surface area (Å²) >= 11 is 0. The van der Waals surface area contributed by atoms with Gasteiger partial charge in [0.25, 0.3) is 5.91 Å². The molecule has 0 aliphatic heterocycles. The number of ether oxygens (including phenoxy) is 1. The maximum absolute atomic E-state index is 12.8. The average molecular weight is 458 g/mol. The number of rotatable bonds is 9. The molecule has 1 aromatic rings. The molecule has 2 amide bonds. The Hall–Kier alpha value is -2.13. The Morgan fingerprint density at radius 3 is 2.56 bits per heavy atom. The van der Waals surface area contributed by atoms with E-state index in [2.05, 4.69) is 36.3 Å². The number of amides is 2. The summed E-state index contributed by atoms with van der Waals surface area (Å²) in [6, 6.07) is 4.91. The summed E-state index contributed by atoms with van der Waals surface area (Å²) in [6.07, 6.45) is -1.88. The van der Waals surface area contributed by atoms with Gasteiger partial charge in [-0.05, 0) is 57.9 Å². The monoisotopic (exact) mass is 457 g/mol. The Kier molecular flexibility index (Phi) is 9.51. The van der Waals surface area contributed by atoms with E-state index < -0.39 is 17.6 Å². The number of carbonyl (C=O) groups excluding carboxylic acids is 2. The number of methoxy groups -OCH3 is 1. The fourth-order valence-electron chi connectivity index (χ4n) is 4.53. The minimum Gasteiger partial charge on any atom is -0.384 e. The Morgan fingerprint density at radius 1 is 1.25 bits per heavy atom. The van der Waals surface area contributed by atoms with Crippen molar-refractivity contribution in [2.45, 2.75) is 64.3 Å². The molecule has 0 heterocycles. The summed E-state index contributed by atoms with van der Waals surface area (Å²) in [5, 5.41) is 5.38. The van der Waals surface area contributed by atoms with Gasteiger partial charge in [-0.15, -0.1) is 0 Å². The van der Waals surface area contributed by atoms with Crippen LogP contribution < -0.4 is 10.6 Å². The molecule has 2 rings (SSSR count). The number of nitrogens with zero attached hydrogens (tertiary/aromatic N) is 1. The third kappa shape index (κ3) is 7.20. The van der Waals surface area contributed by atoms with Crippen molar-refractivity contribution in [3.05, 3.63) is 35.4 Å². The van der Waals surface area contributed by atoms with Crippen molar-refractivity contribution in [2.75, 3.05) is 26.8 Å². The van der Waals surface area contributed by atoms with Crippen molar-refractivity contribution in [1.82, 2.24) is 15.5 Å². The van der Waals surface area contributed by atoms with Gasteiger partial charge in [-0.25, -0.2) is 0 Å². The standard InChI is InChI=1S/C23H34F3N3O3/c1-5-29(15(2)3)19-9-10-20(17(12-19)14-32-4)28-21(30)13-27-22(31)16-7-6-8-18(11-16)23(24,25)26/h6-8,11,15,17,19-20H,5,9-10,12-14H2,1-4H3,(H,27,31)(H,28,30)/t17-,19+,20-/m0/s1. The number of halogens is 3. The van der Waals surface area contributed by atoms with E-state index in [-0.39, 0.29) is 30.0 Å². The zero-order valence-electron chi connectivity index (χ0n) is 19.2. The molecule has 0 radical (unpaired) electrons. The molecule has 1 aromatic carbocycles. The van der Waals surface area contributed by atoms with Gasteiger partial charge < -0.3 is 15.4 Å². The molecule has 1 aliphatic rings. The lowest BCUT2D eigenvalue weighted by atomic mass is 9.80. The van der Waals surface area contributed by atoms with Crippen molar-refractivity contribution in [2.24, 2.45) is 5.92 Å². The van der Waals surface area contributed by atoms with Crippen molar-refractivity contribution in [3.8, 4) is 0 Å². The van der Waals surface area contributed by atoms with E-state index in [1.54, 1.807) is 7.11 Å². The molecule has 0 saturated heterocycles.